The van der Waals surface area contributed by atoms with Gasteiger partial charge in [-0.3, -0.25) is 4.79 Å². The fourth-order valence-electron chi connectivity index (χ4n) is 3.69. The van der Waals surface area contributed by atoms with Gasteiger partial charge in [0, 0.05) is 12.0 Å². The summed E-state index contributed by atoms with van der Waals surface area (Å²) in [5.41, 5.74) is 1.64. The fraction of sp³-hybridized carbons (Fsp3) is 0.381. The van der Waals surface area contributed by atoms with Crippen molar-refractivity contribution in [3.05, 3.63) is 65.7 Å². The van der Waals surface area contributed by atoms with Crippen molar-refractivity contribution >= 4 is 5.91 Å². The molecule has 2 N–H and O–H groups in total. The summed E-state index contributed by atoms with van der Waals surface area (Å²) in [5.74, 6) is 0.451. The maximum Gasteiger partial charge on any atom is 0.255 e. The monoisotopic (exact) mass is 339 g/mol. The number of hydrogen-bond donors (Lipinski definition) is 2. The molecule has 1 saturated carbocycles. The van der Waals surface area contributed by atoms with Crippen molar-refractivity contribution in [3.8, 4) is 5.75 Å². The molecule has 2 aromatic carbocycles. The van der Waals surface area contributed by atoms with Crippen LogP contribution in [0.2, 0.25) is 0 Å². The molecule has 4 heteroatoms. The van der Waals surface area contributed by atoms with E-state index in [1.165, 1.54) is 5.56 Å². The Kier molecular flexibility index (Phi) is 5.39. The van der Waals surface area contributed by atoms with Gasteiger partial charge in [0.05, 0.1) is 18.8 Å². The summed E-state index contributed by atoms with van der Waals surface area (Å²) in [5, 5.41) is 13.0. The van der Waals surface area contributed by atoms with Gasteiger partial charge in [0.15, 0.2) is 0 Å². The predicted octanol–water partition coefficient (Wildman–Crippen LogP) is 3.30. The molecule has 25 heavy (non-hydrogen) atoms. The van der Waals surface area contributed by atoms with E-state index in [0.29, 0.717) is 17.9 Å². The van der Waals surface area contributed by atoms with Gasteiger partial charge in [-0.25, -0.2) is 0 Å². The van der Waals surface area contributed by atoms with Gasteiger partial charge in [0.25, 0.3) is 5.91 Å². The second-order valence-electron chi connectivity index (χ2n) is 6.76. The van der Waals surface area contributed by atoms with Crippen LogP contribution in [0.3, 0.4) is 0 Å². The zero-order chi connectivity index (χ0) is 17.7. The number of amides is 1. The van der Waals surface area contributed by atoms with E-state index < -0.39 is 0 Å². The lowest BCUT2D eigenvalue weighted by Gasteiger charge is -2.39. The Balaban J connectivity index is 1.78. The van der Waals surface area contributed by atoms with Crippen LogP contribution in [-0.4, -0.2) is 30.8 Å². The Labute approximate surface area is 148 Å². The molecule has 0 bridgehead atoms. The first-order valence-corrected chi connectivity index (χ1v) is 8.79. The van der Waals surface area contributed by atoms with Gasteiger partial charge in [-0.05, 0) is 43.4 Å². The molecule has 0 radical (unpaired) electrons. The van der Waals surface area contributed by atoms with Crippen LogP contribution in [0.25, 0.3) is 0 Å². The molecule has 0 unspecified atom stereocenters. The zero-order valence-corrected chi connectivity index (χ0v) is 14.6. The number of carbonyl (C=O) groups is 1. The Morgan fingerprint density at radius 3 is 2.44 bits per heavy atom. The van der Waals surface area contributed by atoms with E-state index in [2.05, 4.69) is 17.4 Å². The lowest BCUT2D eigenvalue weighted by Crippen LogP contribution is -2.44. The van der Waals surface area contributed by atoms with Crippen LogP contribution < -0.4 is 10.1 Å². The van der Waals surface area contributed by atoms with E-state index in [0.717, 1.165) is 25.7 Å². The molecule has 132 valence electrons. The second-order valence-corrected chi connectivity index (χ2v) is 6.76. The number of hydrogen-bond acceptors (Lipinski definition) is 3. The molecule has 1 aliphatic carbocycles. The van der Waals surface area contributed by atoms with E-state index in [-0.39, 0.29) is 17.4 Å². The van der Waals surface area contributed by atoms with Crippen LogP contribution >= 0.6 is 0 Å². The standard InChI is InChI=1S/C21H25NO3/c1-25-19-10-6-5-9-18(19)20(24)22-15-21(13-11-17(23)12-14-21)16-7-3-2-4-8-16/h2-10,17,23H,11-15H2,1H3,(H,22,24)/t17-,21-. The Bertz CT molecular complexity index is 706. The molecule has 4 nitrogen and oxygen atoms in total. The summed E-state index contributed by atoms with van der Waals surface area (Å²) in [6.45, 7) is 0.556. The lowest BCUT2D eigenvalue weighted by molar-refractivity contribution is 0.0850. The third kappa shape index (κ3) is 3.85. The Morgan fingerprint density at radius 1 is 1.12 bits per heavy atom. The molecule has 0 spiro atoms. The van der Waals surface area contributed by atoms with E-state index in [1.807, 2.05) is 30.3 Å². The first-order valence-electron chi connectivity index (χ1n) is 8.79. The summed E-state index contributed by atoms with van der Waals surface area (Å²) in [6.07, 6.45) is 3.02. The molecule has 2 aromatic rings. The van der Waals surface area contributed by atoms with Gasteiger partial charge in [0.1, 0.15) is 5.75 Å². The highest BCUT2D eigenvalue weighted by Gasteiger charge is 2.36. The fourth-order valence-corrected chi connectivity index (χ4v) is 3.69. The molecule has 0 saturated heterocycles. The second kappa shape index (κ2) is 7.70. The Hall–Kier alpha value is -2.33. The number of benzene rings is 2. The highest BCUT2D eigenvalue weighted by atomic mass is 16.5. The van der Waals surface area contributed by atoms with Crippen molar-refractivity contribution in [3.63, 3.8) is 0 Å². The van der Waals surface area contributed by atoms with Crippen molar-refractivity contribution in [2.45, 2.75) is 37.2 Å². The number of aliphatic hydroxyl groups is 1. The summed E-state index contributed by atoms with van der Waals surface area (Å²) in [7, 11) is 1.57. The van der Waals surface area contributed by atoms with Crippen molar-refractivity contribution < 1.29 is 14.6 Å². The molecule has 3 rings (SSSR count). The summed E-state index contributed by atoms with van der Waals surface area (Å²) in [4.78, 5) is 12.7. The minimum atomic E-state index is -0.234. The van der Waals surface area contributed by atoms with Gasteiger partial charge in [0.2, 0.25) is 0 Å². The van der Waals surface area contributed by atoms with E-state index in [4.69, 9.17) is 4.74 Å². The number of aliphatic hydroxyl groups excluding tert-OH is 1. The number of rotatable bonds is 5. The highest BCUT2D eigenvalue weighted by Crippen LogP contribution is 2.39. The molecule has 0 aliphatic heterocycles. The number of carbonyl (C=O) groups excluding carboxylic acids is 1. The van der Waals surface area contributed by atoms with Gasteiger partial charge >= 0.3 is 0 Å². The quantitative estimate of drug-likeness (QED) is 0.879. The van der Waals surface area contributed by atoms with Crippen LogP contribution in [0, 0.1) is 0 Å². The van der Waals surface area contributed by atoms with Crippen LogP contribution in [-0.2, 0) is 5.41 Å². The van der Waals surface area contributed by atoms with Gasteiger partial charge in [-0.15, -0.1) is 0 Å². The molecule has 0 heterocycles. The molecule has 1 fully saturated rings. The lowest BCUT2D eigenvalue weighted by atomic mass is 9.68. The molecular weight excluding hydrogens is 314 g/mol. The number of methoxy groups -OCH3 is 1. The van der Waals surface area contributed by atoms with Gasteiger partial charge in [-0.1, -0.05) is 42.5 Å². The molecule has 0 aromatic heterocycles. The number of ether oxygens (including phenoxy) is 1. The molecule has 1 aliphatic rings. The van der Waals surface area contributed by atoms with Crippen molar-refractivity contribution in [1.29, 1.82) is 0 Å². The van der Waals surface area contributed by atoms with E-state index in [9.17, 15) is 9.90 Å². The third-order valence-corrected chi connectivity index (χ3v) is 5.24. The van der Waals surface area contributed by atoms with Crippen molar-refractivity contribution in [2.24, 2.45) is 0 Å². The smallest absolute Gasteiger partial charge is 0.255 e. The highest BCUT2D eigenvalue weighted by molar-refractivity contribution is 5.96. The normalized spacial score (nSPS) is 23.0. The minimum Gasteiger partial charge on any atom is -0.496 e. The van der Waals surface area contributed by atoms with Gasteiger partial charge in [-0.2, -0.15) is 0 Å². The summed E-state index contributed by atoms with van der Waals surface area (Å²) < 4.78 is 5.29. The molecule has 1 amide bonds. The third-order valence-electron chi connectivity index (χ3n) is 5.24. The molecular formula is C21H25NO3. The number of nitrogens with one attached hydrogen (secondary N) is 1. The summed E-state index contributed by atoms with van der Waals surface area (Å²) >= 11 is 0. The van der Waals surface area contributed by atoms with E-state index in [1.54, 1.807) is 19.2 Å². The maximum absolute atomic E-state index is 12.7. The topological polar surface area (TPSA) is 58.6 Å². The van der Waals surface area contributed by atoms with Crippen molar-refractivity contribution in [2.75, 3.05) is 13.7 Å². The number of para-hydroxylation sites is 1. The van der Waals surface area contributed by atoms with Crippen LogP contribution in [0.15, 0.2) is 54.6 Å². The minimum absolute atomic E-state index is 0.126. The maximum atomic E-state index is 12.7. The zero-order valence-electron chi connectivity index (χ0n) is 14.6. The first-order chi connectivity index (χ1) is 12.1. The SMILES string of the molecule is COc1ccccc1C(=O)NC[C@]1(c2ccccc2)CC[C@H](O)CC1. The molecule has 0 atom stereocenters. The van der Waals surface area contributed by atoms with Gasteiger partial charge < -0.3 is 15.2 Å². The Morgan fingerprint density at radius 2 is 1.76 bits per heavy atom. The average molecular weight is 339 g/mol. The average Bonchev–Trinajstić information content (AvgIpc) is 2.68. The first kappa shape index (κ1) is 17.5. The predicted molar refractivity (Wildman–Crippen MR) is 97.9 cm³/mol. The van der Waals surface area contributed by atoms with Crippen molar-refractivity contribution in [1.82, 2.24) is 5.32 Å². The van der Waals surface area contributed by atoms with Crippen LogP contribution in [0.5, 0.6) is 5.75 Å². The van der Waals surface area contributed by atoms with E-state index >= 15 is 0 Å². The summed E-state index contributed by atoms with van der Waals surface area (Å²) in [6, 6.07) is 17.5. The van der Waals surface area contributed by atoms with Crippen LogP contribution in [0.1, 0.15) is 41.6 Å². The largest absolute Gasteiger partial charge is 0.496 e. The van der Waals surface area contributed by atoms with Crippen LogP contribution in [0.4, 0.5) is 0 Å².